The summed E-state index contributed by atoms with van der Waals surface area (Å²) < 4.78 is 5.04. The number of nitrogens with two attached hydrogens (primary N) is 1. The predicted molar refractivity (Wildman–Crippen MR) is 64.5 cm³/mol. The van der Waals surface area contributed by atoms with Gasteiger partial charge >= 0.3 is 0 Å². The van der Waals surface area contributed by atoms with Gasteiger partial charge in [-0.25, -0.2) is 0 Å². The summed E-state index contributed by atoms with van der Waals surface area (Å²) in [6, 6.07) is 3.14. The number of rotatable bonds is 5. The van der Waals surface area contributed by atoms with E-state index >= 15 is 0 Å². The summed E-state index contributed by atoms with van der Waals surface area (Å²) in [5.74, 6) is 0.138. The van der Waals surface area contributed by atoms with E-state index in [9.17, 15) is 4.79 Å². The molecular weight excluding hydrogens is 220 g/mol. The summed E-state index contributed by atoms with van der Waals surface area (Å²) in [6.07, 6.45) is 0. The molecule has 0 spiro atoms. The van der Waals surface area contributed by atoms with Crippen LogP contribution in [-0.2, 0) is 4.74 Å². The first kappa shape index (κ1) is 13.4. The molecule has 0 aliphatic carbocycles. The summed E-state index contributed by atoms with van der Waals surface area (Å²) in [7, 11) is 1.61. The Bertz CT molecular complexity index is 366. The highest BCUT2D eigenvalue weighted by atomic mass is 16.5. The Kier molecular flexibility index (Phi) is 4.84. The van der Waals surface area contributed by atoms with Gasteiger partial charge in [0.25, 0.3) is 5.91 Å². The molecule has 17 heavy (non-hydrogen) atoms. The molecule has 0 aliphatic heterocycles. The first-order valence-electron chi connectivity index (χ1n) is 5.49. The quantitative estimate of drug-likeness (QED) is 0.810. The third-order valence-corrected chi connectivity index (χ3v) is 2.45. The van der Waals surface area contributed by atoms with E-state index in [1.807, 2.05) is 13.8 Å². The average Bonchev–Trinajstić information content (AvgIpc) is 2.31. The molecule has 0 saturated carbocycles. The second-order valence-corrected chi connectivity index (χ2v) is 3.74. The number of ether oxygens (including phenoxy) is 1. The zero-order chi connectivity index (χ0) is 12.8. The molecule has 6 heteroatoms. The van der Waals surface area contributed by atoms with E-state index < -0.39 is 0 Å². The summed E-state index contributed by atoms with van der Waals surface area (Å²) in [4.78, 5) is 13.8. The van der Waals surface area contributed by atoms with Crippen LogP contribution in [0.1, 0.15) is 24.3 Å². The van der Waals surface area contributed by atoms with Crippen LogP contribution in [0.15, 0.2) is 12.1 Å². The van der Waals surface area contributed by atoms with Gasteiger partial charge in [0.05, 0.1) is 12.6 Å². The zero-order valence-electron chi connectivity index (χ0n) is 10.4. The normalized spacial score (nSPS) is 12.2. The Hall–Kier alpha value is -1.69. The van der Waals surface area contributed by atoms with E-state index in [1.54, 1.807) is 24.1 Å². The minimum absolute atomic E-state index is 0.00291. The smallest absolute Gasteiger partial charge is 0.274 e. The molecule has 0 fully saturated rings. The van der Waals surface area contributed by atoms with Gasteiger partial charge in [0.2, 0.25) is 0 Å². The Labute approximate surface area is 101 Å². The van der Waals surface area contributed by atoms with E-state index in [2.05, 4.69) is 10.2 Å². The second-order valence-electron chi connectivity index (χ2n) is 3.74. The number of nitrogen functional groups attached to an aromatic ring is 1. The van der Waals surface area contributed by atoms with Gasteiger partial charge in [0.1, 0.15) is 5.82 Å². The molecule has 0 radical (unpaired) electrons. The van der Waals surface area contributed by atoms with Crippen molar-refractivity contribution in [1.82, 2.24) is 15.1 Å². The number of aromatic nitrogens is 2. The fraction of sp³-hybridized carbons (Fsp3) is 0.545. The minimum atomic E-state index is -0.162. The van der Waals surface area contributed by atoms with Gasteiger partial charge in [0, 0.05) is 13.7 Å². The summed E-state index contributed by atoms with van der Waals surface area (Å²) in [5, 5.41) is 7.45. The highest BCUT2D eigenvalue weighted by molar-refractivity contribution is 5.92. The minimum Gasteiger partial charge on any atom is -0.383 e. The van der Waals surface area contributed by atoms with Crippen molar-refractivity contribution in [3.63, 3.8) is 0 Å². The molecular formula is C11H18N4O2. The van der Waals surface area contributed by atoms with E-state index in [-0.39, 0.29) is 11.9 Å². The van der Waals surface area contributed by atoms with Gasteiger partial charge in [-0.3, -0.25) is 4.79 Å². The summed E-state index contributed by atoms with van der Waals surface area (Å²) >= 11 is 0. The summed E-state index contributed by atoms with van der Waals surface area (Å²) in [5.41, 5.74) is 5.72. The third kappa shape index (κ3) is 3.39. The third-order valence-electron chi connectivity index (χ3n) is 2.45. The van der Waals surface area contributed by atoms with Crippen molar-refractivity contribution in [2.24, 2.45) is 0 Å². The first-order valence-corrected chi connectivity index (χ1v) is 5.49. The Morgan fingerprint density at radius 1 is 1.53 bits per heavy atom. The lowest BCUT2D eigenvalue weighted by Gasteiger charge is -2.26. The van der Waals surface area contributed by atoms with E-state index in [0.29, 0.717) is 24.7 Å². The van der Waals surface area contributed by atoms with Crippen molar-refractivity contribution in [2.45, 2.75) is 19.9 Å². The highest BCUT2D eigenvalue weighted by Gasteiger charge is 2.21. The van der Waals surface area contributed by atoms with Crippen molar-refractivity contribution in [1.29, 1.82) is 0 Å². The number of methoxy groups -OCH3 is 1. The van der Waals surface area contributed by atoms with Gasteiger partial charge in [-0.05, 0) is 26.0 Å². The lowest BCUT2D eigenvalue weighted by atomic mass is 10.2. The van der Waals surface area contributed by atoms with Crippen molar-refractivity contribution >= 4 is 11.7 Å². The van der Waals surface area contributed by atoms with Crippen molar-refractivity contribution < 1.29 is 9.53 Å². The van der Waals surface area contributed by atoms with Crippen molar-refractivity contribution in [3.8, 4) is 0 Å². The molecule has 1 aromatic heterocycles. The van der Waals surface area contributed by atoms with Gasteiger partial charge < -0.3 is 15.4 Å². The van der Waals surface area contributed by atoms with Crippen LogP contribution in [0.3, 0.4) is 0 Å². The van der Waals surface area contributed by atoms with E-state index in [1.165, 1.54) is 0 Å². The standard InChI is InChI=1S/C11H18N4O2/c1-4-15(8(2)7-17-3)11(16)9-5-6-10(12)14-13-9/h5-6,8H,4,7H2,1-3H3,(H2,12,14). The van der Waals surface area contributed by atoms with Crippen LogP contribution in [0.2, 0.25) is 0 Å². The molecule has 1 unspecified atom stereocenters. The maximum atomic E-state index is 12.1. The van der Waals surface area contributed by atoms with Crippen LogP contribution in [-0.4, -0.2) is 47.3 Å². The van der Waals surface area contributed by atoms with Crippen LogP contribution >= 0.6 is 0 Å². The van der Waals surface area contributed by atoms with Crippen LogP contribution < -0.4 is 5.73 Å². The molecule has 94 valence electrons. The molecule has 1 rings (SSSR count). The van der Waals surface area contributed by atoms with Crippen LogP contribution in [0.4, 0.5) is 5.82 Å². The lowest BCUT2D eigenvalue weighted by Crippen LogP contribution is -2.41. The van der Waals surface area contributed by atoms with Gasteiger partial charge in [-0.15, -0.1) is 10.2 Å². The van der Waals surface area contributed by atoms with Crippen LogP contribution in [0.25, 0.3) is 0 Å². The number of carbonyl (C=O) groups is 1. The maximum Gasteiger partial charge on any atom is 0.274 e. The average molecular weight is 238 g/mol. The van der Waals surface area contributed by atoms with E-state index in [4.69, 9.17) is 10.5 Å². The molecule has 1 heterocycles. The monoisotopic (exact) mass is 238 g/mol. The fourth-order valence-corrected chi connectivity index (χ4v) is 1.59. The van der Waals surface area contributed by atoms with Gasteiger partial charge in [-0.2, -0.15) is 0 Å². The second kappa shape index (κ2) is 6.15. The summed E-state index contributed by atoms with van der Waals surface area (Å²) in [6.45, 7) is 4.92. The van der Waals surface area contributed by atoms with Crippen molar-refractivity contribution in [2.75, 3.05) is 26.0 Å². The number of hydrogen-bond donors (Lipinski definition) is 1. The zero-order valence-corrected chi connectivity index (χ0v) is 10.4. The molecule has 1 amide bonds. The maximum absolute atomic E-state index is 12.1. The number of nitrogens with zero attached hydrogens (tertiary/aromatic N) is 3. The number of likely N-dealkylation sites (N-methyl/N-ethyl adjacent to an activating group) is 1. The number of anilines is 1. The molecule has 6 nitrogen and oxygen atoms in total. The molecule has 2 N–H and O–H groups in total. The molecule has 0 aliphatic rings. The molecule has 0 bridgehead atoms. The molecule has 1 aromatic rings. The van der Waals surface area contributed by atoms with Crippen LogP contribution in [0, 0.1) is 0 Å². The van der Waals surface area contributed by atoms with Gasteiger partial charge in [-0.1, -0.05) is 0 Å². The fourth-order valence-electron chi connectivity index (χ4n) is 1.59. The molecule has 0 aromatic carbocycles. The first-order chi connectivity index (χ1) is 8.10. The lowest BCUT2D eigenvalue weighted by molar-refractivity contribution is 0.0572. The number of carbonyl (C=O) groups excluding carboxylic acids is 1. The Morgan fingerprint density at radius 2 is 2.24 bits per heavy atom. The number of amides is 1. The highest BCUT2D eigenvalue weighted by Crippen LogP contribution is 2.07. The van der Waals surface area contributed by atoms with Crippen LogP contribution in [0.5, 0.6) is 0 Å². The predicted octanol–water partition coefficient (Wildman–Crippen LogP) is 0.556. The largest absolute Gasteiger partial charge is 0.383 e. The SMILES string of the molecule is CCN(C(=O)c1ccc(N)nn1)C(C)COC. The van der Waals surface area contributed by atoms with E-state index in [0.717, 1.165) is 0 Å². The topological polar surface area (TPSA) is 81.3 Å². The van der Waals surface area contributed by atoms with Gasteiger partial charge in [0.15, 0.2) is 5.69 Å². The Balaban J connectivity index is 2.82. The molecule has 0 saturated heterocycles. The Morgan fingerprint density at radius 3 is 2.71 bits per heavy atom. The van der Waals surface area contributed by atoms with Crippen molar-refractivity contribution in [3.05, 3.63) is 17.8 Å². The number of hydrogen-bond acceptors (Lipinski definition) is 5. The molecule has 1 atom stereocenters.